The molecule has 4 bridgehead atoms. The first-order valence-electron chi connectivity index (χ1n) is 15.3. The molecule has 1 aliphatic heterocycles. The van der Waals surface area contributed by atoms with Gasteiger partial charge in [-0.3, -0.25) is 4.79 Å². The van der Waals surface area contributed by atoms with Crippen molar-refractivity contribution in [1.29, 1.82) is 0 Å². The fourth-order valence-electron chi connectivity index (χ4n) is 8.19. The van der Waals surface area contributed by atoms with Crippen molar-refractivity contribution in [3.8, 4) is 0 Å². The average molecular weight is 583 g/mol. The van der Waals surface area contributed by atoms with Gasteiger partial charge in [-0.2, -0.15) is 0 Å². The van der Waals surface area contributed by atoms with Crippen LogP contribution in [-0.4, -0.2) is 74.0 Å². The molecule has 3 heterocycles. The van der Waals surface area contributed by atoms with Gasteiger partial charge in [0.2, 0.25) is 0 Å². The van der Waals surface area contributed by atoms with Crippen molar-refractivity contribution in [1.82, 2.24) is 24.8 Å². The van der Waals surface area contributed by atoms with Crippen LogP contribution < -0.4 is 10.2 Å². The first-order valence-corrected chi connectivity index (χ1v) is 15.3. The molecule has 12 nitrogen and oxygen atoms in total. The number of amides is 1. The predicted molar refractivity (Wildman–Crippen MR) is 153 cm³/mol. The van der Waals surface area contributed by atoms with E-state index in [4.69, 9.17) is 9.47 Å². The Morgan fingerprint density at radius 3 is 2.29 bits per heavy atom. The molecule has 2 aromatic rings. The first-order chi connectivity index (χ1) is 20.0. The fraction of sp³-hybridized carbons (Fsp3) is 0.733. The van der Waals surface area contributed by atoms with E-state index in [0.717, 1.165) is 37.0 Å². The minimum atomic E-state index is -1.02. The van der Waals surface area contributed by atoms with Gasteiger partial charge in [-0.1, -0.05) is 0 Å². The van der Waals surface area contributed by atoms with Gasteiger partial charge in [0.15, 0.2) is 17.0 Å². The number of alkyl carbamates (subject to hydrolysis) is 1. The van der Waals surface area contributed by atoms with Gasteiger partial charge in [0, 0.05) is 18.5 Å². The van der Waals surface area contributed by atoms with Gasteiger partial charge >= 0.3 is 18.0 Å². The number of hydrogen-bond donors (Lipinski definition) is 2. The minimum Gasteiger partial charge on any atom is -0.481 e. The summed E-state index contributed by atoms with van der Waals surface area (Å²) >= 11 is 0. The van der Waals surface area contributed by atoms with Crippen LogP contribution in [0.1, 0.15) is 72.1 Å². The van der Waals surface area contributed by atoms with Crippen molar-refractivity contribution in [3.05, 3.63) is 12.7 Å². The zero-order chi connectivity index (χ0) is 29.6. The molecule has 0 spiro atoms. The highest BCUT2D eigenvalue weighted by Gasteiger charge is 2.51. The van der Waals surface area contributed by atoms with Crippen molar-refractivity contribution in [2.45, 2.75) is 90.3 Å². The third-order valence-corrected chi connectivity index (χ3v) is 9.56. The van der Waals surface area contributed by atoms with Crippen LogP contribution >= 0.6 is 0 Å². The van der Waals surface area contributed by atoms with Gasteiger partial charge in [-0.15, -0.1) is 0 Å². The Morgan fingerprint density at radius 1 is 1.05 bits per heavy atom. The SMILES string of the molecule is CC(C)(C)OC(=O)[C@H](Cn1cnc2c(N3CCC(C(=O)O)CC3)ncnc21)NC(=O)OCC12CC3CC(CC(C3)C1)C2. The molecule has 5 fully saturated rings. The Bertz CT molecular complexity index is 1310. The average Bonchev–Trinajstić information content (AvgIpc) is 3.33. The summed E-state index contributed by atoms with van der Waals surface area (Å²) in [4.78, 5) is 53.2. The van der Waals surface area contributed by atoms with Crippen LogP contribution in [0.2, 0.25) is 0 Å². The molecule has 42 heavy (non-hydrogen) atoms. The maximum Gasteiger partial charge on any atom is 0.407 e. The van der Waals surface area contributed by atoms with E-state index >= 15 is 0 Å². The normalized spacial score (nSPS) is 28.1. The van der Waals surface area contributed by atoms with Gasteiger partial charge in [0.25, 0.3) is 0 Å². The third kappa shape index (κ3) is 6.03. The lowest BCUT2D eigenvalue weighted by Crippen LogP contribution is -2.50. The van der Waals surface area contributed by atoms with Crippen molar-refractivity contribution in [2.75, 3.05) is 24.6 Å². The van der Waals surface area contributed by atoms with Gasteiger partial charge in [0.1, 0.15) is 18.0 Å². The van der Waals surface area contributed by atoms with E-state index in [1.807, 2.05) is 4.90 Å². The summed E-state index contributed by atoms with van der Waals surface area (Å²) in [7, 11) is 0. The van der Waals surface area contributed by atoms with Crippen molar-refractivity contribution in [2.24, 2.45) is 29.1 Å². The molecule has 2 N–H and O–H groups in total. The zero-order valence-corrected chi connectivity index (χ0v) is 24.8. The second-order valence-electron chi connectivity index (χ2n) is 14.1. The smallest absolute Gasteiger partial charge is 0.407 e. The molecule has 12 heteroatoms. The standard InChI is InChI=1S/C30H42N6O6/c1-29(2,3)42-27(39)22(34-28(40)41-15-30-11-18-8-19(12-30)10-20(9-18)13-30)14-36-17-33-23-24(31-16-32-25(23)36)35-6-4-21(5-7-35)26(37)38/h16-22H,4-15H2,1-3H3,(H,34,40)(H,37,38)/t18?,19?,20?,22-,30?/m0/s1. The Labute approximate surface area is 245 Å². The number of anilines is 1. The Morgan fingerprint density at radius 2 is 1.69 bits per heavy atom. The van der Waals surface area contributed by atoms with Gasteiger partial charge < -0.3 is 29.4 Å². The highest BCUT2D eigenvalue weighted by Crippen LogP contribution is 2.60. The largest absolute Gasteiger partial charge is 0.481 e. The summed E-state index contributed by atoms with van der Waals surface area (Å²) in [5.41, 5.74) is 0.394. The molecule has 1 saturated heterocycles. The molecule has 1 amide bonds. The molecule has 7 rings (SSSR count). The lowest BCUT2D eigenvalue weighted by atomic mass is 9.50. The molecular formula is C30H42N6O6. The summed E-state index contributed by atoms with van der Waals surface area (Å²) in [6.07, 6.45) is 10.8. The Kier molecular flexibility index (Phi) is 7.51. The minimum absolute atomic E-state index is 0.0510. The van der Waals surface area contributed by atoms with Crippen LogP contribution in [0, 0.1) is 29.1 Å². The van der Waals surface area contributed by atoms with E-state index in [-0.39, 0.29) is 17.9 Å². The number of rotatable bonds is 8. The van der Waals surface area contributed by atoms with Gasteiger partial charge in [-0.25, -0.2) is 24.5 Å². The van der Waals surface area contributed by atoms with Crippen LogP contribution in [0.4, 0.5) is 10.6 Å². The van der Waals surface area contributed by atoms with Crippen LogP contribution in [0.25, 0.3) is 11.2 Å². The van der Waals surface area contributed by atoms with E-state index in [2.05, 4.69) is 20.3 Å². The molecule has 4 saturated carbocycles. The first kappa shape index (κ1) is 28.7. The number of carbonyl (C=O) groups excluding carboxylic acids is 2. The maximum absolute atomic E-state index is 13.3. The molecule has 228 valence electrons. The van der Waals surface area contributed by atoms with Gasteiger partial charge in [-0.05, 0) is 89.9 Å². The lowest BCUT2D eigenvalue weighted by Gasteiger charge is -2.56. The summed E-state index contributed by atoms with van der Waals surface area (Å²) in [6, 6.07) is -1.02. The topological polar surface area (TPSA) is 149 Å². The monoisotopic (exact) mass is 582 g/mol. The van der Waals surface area contributed by atoms with E-state index in [9.17, 15) is 19.5 Å². The molecule has 2 aromatic heterocycles. The summed E-state index contributed by atoms with van der Waals surface area (Å²) in [6.45, 7) is 6.88. The van der Waals surface area contributed by atoms with Crippen molar-refractivity contribution in [3.63, 3.8) is 0 Å². The van der Waals surface area contributed by atoms with Gasteiger partial charge in [0.05, 0.1) is 25.4 Å². The Balaban J connectivity index is 1.15. The third-order valence-electron chi connectivity index (χ3n) is 9.56. The molecule has 0 aromatic carbocycles. The molecule has 0 unspecified atom stereocenters. The number of carbonyl (C=O) groups is 3. The number of aromatic nitrogens is 4. The molecule has 4 aliphatic carbocycles. The van der Waals surface area contributed by atoms with Crippen LogP contribution in [0.3, 0.4) is 0 Å². The van der Waals surface area contributed by atoms with E-state index in [1.165, 1.54) is 25.6 Å². The number of carboxylic acids is 1. The summed E-state index contributed by atoms with van der Waals surface area (Å²) in [5, 5.41) is 12.1. The molecular weight excluding hydrogens is 540 g/mol. The molecule has 0 radical (unpaired) electrons. The number of fused-ring (bicyclic) bond motifs is 1. The van der Waals surface area contributed by atoms with Crippen LogP contribution in [-0.2, 0) is 25.6 Å². The van der Waals surface area contributed by atoms with Crippen molar-refractivity contribution < 1.29 is 29.0 Å². The number of ether oxygens (including phenoxy) is 2. The number of piperidine rings is 1. The highest BCUT2D eigenvalue weighted by atomic mass is 16.6. The van der Waals surface area contributed by atoms with E-state index in [0.29, 0.717) is 49.5 Å². The van der Waals surface area contributed by atoms with E-state index < -0.39 is 29.7 Å². The molecule has 1 atom stereocenters. The second-order valence-corrected chi connectivity index (χ2v) is 14.1. The fourth-order valence-corrected chi connectivity index (χ4v) is 8.19. The number of esters is 1. The summed E-state index contributed by atoms with van der Waals surface area (Å²) < 4.78 is 13.2. The number of aliphatic carboxylic acids is 1. The highest BCUT2D eigenvalue weighted by molar-refractivity contribution is 5.85. The number of imidazole rings is 1. The molecule has 5 aliphatic rings. The quantitative estimate of drug-likeness (QED) is 0.441. The number of carboxylic acid groups (broad SMARTS) is 1. The number of nitrogens with zero attached hydrogens (tertiary/aromatic N) is 5. The number of hydrogen-bond acceptors (Lipinski definition) is 9. The summed E-state index contributed by atoms with van der Waals surface area (Å²) in [5.74, 6) is 1.18. The second kappa shape index (κ2) is 11.0. The van der Waals surface area contributed by atoms with E-state index in [1.54, 1.807) is 31.7 Å². The van der Waals surface area contributed by atoms with Crippen LogP contribution in [0.5, 0.6) is 0 Å². The van der Waals surface area contributed by atoms with Crippen LogP contribution in [0.15, 0.2) is 12.7 Å². The maximum atomic E-state index is 13.3. The zero-order valence-electron chi connectivity index (χ0n) is 24.8. The lowest BCUT2D eigenvalue weighted by molar-refractivity contribution is -0.157. The predicted octanol–water partition coefficient (Wildman–Crippen LogP) is 3.78. The Hall–Kier alpha value is -3.44. The van der Waals surface area contributed by atoms with Crippen molar-refractivity contribution >= 4 is 35.0 Å². The number of nitrogens with one attached hydrogen (secondary N) is 1.